The smallest absolute Gasteiger partial charge is 0.406 e. The van der Waals surface area contributed by atoms with Crippen LogP contribution in [-0.2, 0) is 16.0 Å². The third-order valence-electron chi connectivity index (χ3n) is 3.98. The van der Waals surface area contributed by atoms with Gasteiger partial charge in [0.1, 0.15) is 22.3 Å². The van der Waals surface area contributed by atoms with Crippen molar-refractivity contribution in [2.75, 3.05) is 6.26 Å². The van der Waals surface area contributed by atoms with Crippen molar-refractivity contribution in [3.8, 4) is 22.7 Å². The fraction of sp³-hybridized carbons (Fsp3) is 0.167. The number of halogens is 8. The van der Waals surface area contributed by atoms with Gasteiger partial charge in [0.15, 0.2) is 15.5 Å². The molecular formula is C18H10F8N2O3S. The Labute approximate surface area is 174 Å². The fourth-order valence-corrected chi connectivity index (χ4v) is 3.60. The lowest BCUT2D eigenvalue weighted by atomic mass is 10.1. The zero-order valence-electron chi connectivity index (χ0n) is 15.6. The standard InChI is InChI=1S/C18H10F8N2O3S/c1-32(29,30)16-12(19)6-9(7-13(16)20)14-8-15(17(21,22)23)27-28(14)10-2-4-11(5-3-10)31-18(24,25)26/h2-8H,1H3. The molecule has 0 spiro atoms. The van der Waals surface area contributed by atoms with Crippen LogP contribution in [0.25, 0.3) is 16.9 Å². The summed E-state index contributed by atoms with van der Waals surface area (Å²) >= 11 is 0. The molecule has 0 aliphatic carbocycles. The van der Waals surface area contributed by atoms with Crippen LogP contribution < -0.4 is 4.74 Å². The molecule has 0 aliphatic heterocycles. The van der Waals surface area contributed by atoms with Crippen LogP contribution in [0.2, 0.25) is 0 Å². The Kier molecular flexibility index (Phi) is 5.70. The first-order valence-corrected chi connectivity index (χ1v) is 10.2. The van der Waals surface area contributed by atoms with Crippen molar-refractivity contribution in [1.29, 1.82) is 0 Å². The summed E-state index contributed by atoms with van der Waals surface area (Å²) in [6.07, 6.45) is -9.42. The molecule has 5 nitrogen and oxygen atoms in total. The van der Waals surface area contributed by atoms with Gasteiger partial charge in [0.25, 0.3) is 0 Å². The van der Waals surface area contributed by atoms with Gasteiger partial charge in [0, 0.05) is 11.8 Å². The van der Waals surface area contributed by atoms with Crippen LogP contribution in [-0.4, -0.2) is 30.8 Å². The van der Waals surface area contributed by atoms with E-state index in [1.165, 1.54) is 0 Å². The van der Waals surface area contributed by atoms with Crippen LogP contribution in [0.5, 0.6) is 5.75 Å². The number of nitrogens with zero attached hydrogens (tertiary/aromatic N) is 2. The third-order valence-corrected chi connectivity index (χ3v) is 5.11. The van der Waals surface area contributed by atoms with Crippen LogP contribution in [0.4, 0.5) is 35.1 Å². The van der Waals surface area contributed by atoms with Crippen molar-refractivity contribution in [2.45, 2.75) is 17.4 Å². The van der Waals surface area contributed by atoms with Crippen molar-refractivity contribution in [2.24, 2.45) is 0 Å². The molecule has 32 heavy (non-hydrogen) atoms. The van der Waals surface area contributed by atoms with Gasteiger partial charge in [-0.2, -0.15) is 18.3 Å². The molecule has 0 fully saturated rings. The van der Waals surface area contributed by atoms with E-state index in [9.17, 15) is 43.5 Å². The van der Waals surface area contributed by atoms with Crippen LogP contribution in [0.15, 0.2) is 47.4 Å². The van der Waals surface area contributed by atoms with E-state index >= 15 is 0 Å². The molecule has 0 unspecified atom stereocenters. The predicted molar refractivity (Wildman–Crippen MR) is 93.7 cm³/mol. The second-order valence-corrected chi connectivity index (χ2v) is 8.36. The molecular weight excluding hydrogens is 476 g/mol. The van der Waals surface area contributed by atoms with E-state index < -0.39 is 61.6 Å². The summed E-state index contributed by atoms with van der Waals surface area (Å²) in [6.45, 7) is 0. The first-order valence-electron chi connectivity index (χ1n) is 8.29. The van der Waals surface area contributed by atoms with Gasteiger partial charge in [0.05, 0.1) is 11.4 Å². The molecule has 1 aromatic heterocycles. The number of sulfone groups is 1. The molecule has 0 radical (unpaired) electrons. The summed E-state index contributed by atoms with van der Waals surface area (Å²) in [6, 6.07) is 4.95. The van der Waals surface area contributed by atoms with Crippen LogP contribution >= 0.6 is 0 Å². The molecule has 2 aromatic carbocycles. The molecule has 14 heteroatoms. The minimum atomic E-state index is -5.00. The average Bonchev–Trinajstić information content (AvgIpc) is 3.05. The average molecular weight is 486 g/mol. The lowest BCUT2D eigenvalue weighted by Crippen LogP contribution is -2.17. The Morgan fingerprint density at radius 2 is 1.44 bits per heavy atom. The normalized spacial score (nSPS) is 12.8. The van der Waals surface area contributed by atoms with E-state index in [4.69, 9.17) is 0 Å². The van der Waals surface area contributed by atoms with Gasteiger partial charge in [0.2, 0.25) is 0 Å². The Balaban J connectivity index is 2.17. The molecule has 0 atom stereocenters. The van der Waals surface area contributed by atoms with E-state index in [-0.39, 0.29) is 5.69 Å². The summed E-state index contributed by atoms with van der Waals surface area (Å²) in [4.78, 5) is -1.27. The number of hydrogen-bond acceptors (Lipinski definition) is 4. The van der Waals surface area contributed by atoms with Gasteiger partial charge in [-0.3, -0.25) is 0 Å². The van der Waals surface area contributed by atoms with Crippen LogP contribution in [0.1, 0.15) is 5.69 Å². The van der Waals surface area contributed by atoms with E-state index in [2.05, 4.69) is 9.84 Å². The van der Waals surface area contributed by atoms with E-state index in [0.29, 0.717) is 29.1 Å². The maximum absolute atomic E-state index is 14.3. The second kappa shape index (κ2) is 7.76. The van der Waals surface area contributed by atoms with Gasteiger partial charge in [-0.25, -0.2) is 21.9 Å². The highest BCUT2D eigenvalue weighted by Gasteiger charge is 2.36. The number of ether oxygens (including phenoxy) is 1. The third kappa shape index (κ3) is 5.00. The Morgan fingerprint density at radius 3 is 1.88 bits per heavy atom. The van der Waals surface area contributed by atoms with E-state index in [1.807, 2.05) is 0 Å². The number of hydrogen-bond donors (Lipinski definition) is 0. The van der Waals surface area contributed by atoms with Crippen molar-refractivity contribution in [1.82, 2.24) is 9.78 Å². The fourth-order valence-electron chi connectivity index (χ4n) is 2.77. The van der Waals surface area contributed by atoms with Gasteiger partial charge in [-0.1, -0.05) is 0 Å². The maximum Gasteiger partial charge on any atom is 0.573 e. The molecule has 0 saturated heterocycles. The van der Waals surface area contributed by atoms with Gasteiger partial charge in [-0.15, -0.1) is 13.2 Å². The summed E-state index contributed by atoms with van der Waals surface area (Å²) < 4.78 is 132. The van der Waals surface area contributed by atoms with Crippen molar-refractivity contribution in [3.63, 3.8) is 0 Å². The number of benzene rings is 2. The maximum atomic E-state index is 14.3. The topological polar surface area (TPSA) is 61.2 Å². The first kappa shape index (κ1) is 23.5. The minimum Gasteiger partial charge on any atom is -0.406 e. The van der Waals surface area contributed by atoms with Crippen LogP contribution in [0.3, 0.4) is 0 Å². The molecule has 3 rings (SSSR count). The highest BCUT2D eigenvalue weighted by molar-refractivity contribution is 7.90. The molecule has 172 valence electrons. The molecule has 0 amide bonds. The summed E-state index contributed by atoms with van der Waals surface area (Å²) in [5.41, 5.74) is -2.65. The molecule has 0 saturated carbocycles. The first-order chi connectivity index (χ1) is 14.6. The predicted octanol–water partition coefficient (Wildman–Crippen LogP) is 5.14. The quantitative estimate of drug-likeness (QED) is 0.480. The zero-order chi connectivity index (χ0) is 24.1. The Bertz CT molecular complexity index is 1240. The molecule has 3 aromatic rings. The molecule has 0 N–H and O–H groups in total. The number of alkyl halides is 6. The summed E-state index contributed by atoms with van der Waals surface area (Å²) in [7, 11) is -4.32. The van der Waals surface area contributed by atoms with Crippen molar-refractivity contribution in [3.05, 3.63) is 59.8 Å². The van der Waals surface area contributed by atoms with Gasteiger partial charge < -0.3 is 4.74 Å². The highest BCUT2D eigenvalue weighted by Crippen LogP contribution is 2.35. The Morgan fingerprint density at radius 1 is 0.906 bits per heavy atom. The SMILES string of the molecule is CS(=O)(=O)c1c(F)cc(-c2cc(C(F)(F)F)nn2-c2ccc(OC(F)(F)F)cc2)cc1F. The summed E-state index contributed by atoms with van der Waals surface area (Å²) in [5, 5.41) is 3.33. The zero-order valence-corrected chi connectivity index (χ0v) is 16.4. The lowest BCUT2D eigenvalue weighted by Gasteiger charge is -2.12. The highest BCUT2D eigenvalue weighted by atomic mass is 32.2. The van der Waals surface area contributed by atoms with E-state index in [0.717, 1.165) is 24.3 Å². The molecule has 0 aliphatic rings. The van der Waals surface area contributed by atoms with Gasteiger partial charge in [-0.05, 0) is 42.5 Å². The largest absolute Gasteiger partial charge is 0.573 e. The Hall–Kier alpha value is -3.16. The van der Waals surface area contributed by atoms with E-state index in [1.54, 1.807) is 0 Å². The lowest BCUT2D eigenvalue weighted by molar-refractivity contribution is -0.274. The molecule has 1 heterocycles. The minimum absolute atomic E-state index is 0.196. The second-order valence-electron chi connectivity index (χ2n) is 6.41. The van der Waals surface area contributed by atoms with Gasteiger partial charge >= 0.3 is 12.5 Å². The summed E-state index contributed by atoms with van der Waals surface area (Å²) in [5.74, 6) is -3.75. The molecule has 0 bridgehead atoms. The van der Waals surface area contributed by atoms with Crippen molar-refractivity contribution < 1.29 is 48.3 Å². The number of rotatable bonds is 4. The monoisotopic (exact) mass is 486 g/mol. The number of aromatic nitrogens is 2. The van der Waals surface area contributed by atoms with Crippen molar-refractivity contribution >= 4 is 9.84 Å². The van der Waals surface area contributed by atoms with Crippen LogP contribution in [0, 0.1) is 11.6 Å².